The van der Waals surface area contributed by atoms with Crippen LogP contribution in [-0.4, -0.2) is 14.2 Å². The maximum absolute atomic E-state index is 5.52. The van der Waals surface area contributed by atoms with Crippen LogP contribution in [0.15, 0.2) is 24.3 Å². The van der Waals surface area contributed by atoms with Crippen LogP contribution in [0.4, 0.5) is 0 Å². The van der Waals surface area contributed by atoms with Crippen LogP contribution in [0.25, 0.3) is 0 Å². The Morgan fingerprint density at radius 3 is 2.61 bits per heavy atom. The van der Waals surface area contributed by atoms with Gasteiger partial charge in [0.15, 0.2) is 0 Å². The Balaban J connectivity index is 2.33. The van der Waals surface area contributed by atoms with Gasteiger partial charge >= 0.3 is 0 Å². The van der Waals surface area contributed by atoms with Crippen LogP contribution in [0, 0.1) is 11.3 Å². The molecule has 1 aliphatic carbocycles. The molecule has 0 amide bonds. The standard InChI is InChI=1S/C16H25NO/c1-16(2)11-7-9-13(16)15(17-3)12-8-5-6-10-14(12)18-4/h5-6,8,10,13,15,17H,7,9,11H2,1-4H3. The molecule has 0 radical (unpaired) electrons. The van der Waals surface area contributed by atoms with Gasteiger partial charge in [-0.05, 0) is 37.3 Å². The Labute approximate surface area is 111 Å². The number of nitrogens with one attached hydrogen (secondary N) is 1. The van der Waals surface area contributed by atoms with Gasteiger partial charge < -0.3 is 10.1 Å². The van der Waals surface area contributed by atoms with Gasteiger partial charge in [-0.2, -0.15) is 0 Å². The number of rotatable bonds is 4. The van der Waals surface area contributed by atoms with Crippen LogP contribution in [0.2, 0.25) is 0 Å². The van der Waals surface area contributed by atoms with Crippen molar-refractivity contribution in [1.82, 2.24) is 5.32 Å². The van der Waals surface area contributed by atoms with Gasteiger partial charge in [0.05, 0.1) is 7.11 Å². The summed E-state index contributed by atoms with van der Waals surface area (Å²) in [7, 11) is 3.82. The average Bonchev–Trinajstić information content (AvgIpc) is 2.71. The molecule has 1 fully saturated rings. The highest BCUT2D eigenvalue weighted by atomic mass is 16.5. The molecule has 2 unspecified atom stereocenters. The van der Waals surface area contributed by atoms with E-state index in [0.29, 0.717) is 17.4 Å². The Bertz CT molecular complexity index is 400. The molecule has 0 aromatic heterocycles. The molecule has 1 saturated carbocycles. The molecule has 100 valence electrons. The Morgan fingerprint density at radius 2 is 2.06 bits per heavy atom. The Kier molecular flexibility index (Phi) is 3.96. The summed E-state index contributed by atoms with van der Waals surface area (Å²) in [5, 5.41) is 3.51. The van der Waals surface area contributed by atoms with Crippen LogP contribution < -0.4 is 10.1 Å². The maximum Gasteiger partial charge on any atom is 0.123 e. The van der Waals surface area contributed by atoms with Crippen LogP contribution in [-0.2, 0) is 0 Å². The molecule has 0 saturated heterocycles. The number of para-hydroxylation sites is 1. The highest BCUT2D eigenvalue weighted by Gasteiger charge is 2.40. The summed E-state index contributed by atoms with van der Waals surface area (Å²) in [4.78, 5) is 0. The summed E-state index contributed by atoms with van der Waals surface area (Å²) >= 11 is 0. The van der Waals surface area contributed by atoms with Gasteiger partial charge in [-0.3, -0.25) is 0 Å². The minimum absolute atomic E-state index is 0.388. The summed E-state index contributed by atoms with van der Waals surface area (Å²) < 4.78 is 5.52. The molecule has 2 atom stereocenters. The summed E-state index contributed by atoms with van der Waals surface area (Å²) in [5.74, 6) is 1.68. The molecule has 2 heteroatoms. The van der Waals surface area contributed by atoms with Gasteiger partial charge in [0.1, 0.15) is 5.75 Å². The van der Waals surface area contributed by atoms with Crippen molar-refractivity contribution in [3.05, 3.63) is 29.8 Å². The zero-order chi connectivity index (χ0) is 13.2. The highest BCUT2D eigenvalue weighted by molar-refractivity contribution is 5.36. The van der Waals surface area contributed by atoms with E-state index in [1.165, 1.54) is 24.8 Å². The van der Waals surface area contributed by atoms with Crippen LogP contribution in [0.3, 0.4) is 0 Å². The van der Waals surface area contributed by atoms with E-state index in [1.807, 2.05) is 6.07 Å². The molecule has 0 aliphatic heterocycles. The third kappa shape index (κ3) is 2.39. The van der Waals surface area contributed by atoms with Gasteiger partial charge in [0, 0.05) is 11.6 Å². The SMILES string of the molecule is CNC(c1ccccc1OC)C1CCCC1(C)C. The molecule has 0 spiro atoms. The first kappa shape index (κ1) is 13.4. The van der Waals surface area contributed by atoms with E-state index >= 15 is 0 Å². The smallest absolute Gasteiger partial charge is 0.123 e. The quantitative estimate of drug-likeness (QED) is 0.874. The number of hydrogen-bond donors (Lipinski definition) is 1. The van der Waals surface area contributed by atoms with E-state index in [4.69, 9.17) is 4.74 Å². The van der Waals surface area contributed by atoms with Crippen LogP contribution in [0.5, 0.6) is 5.75 Å². The normalized spacial score (nSPS) is 23.9. The lowest BCUT2D eigenvalue weighted by Crippen LogP contribution is -2.32. The fourth-order valence-corrected chi connectivity index (χ4v) is 3.47. The predicted molar refractivity (Wildman–Crippen MR) is 75.9 cm³/mol. The fraction of sp³-hybridized carbons (Fsp3) is 0.625. The van der Waals surface area contributed by atoms with Crippen molar-refractivity contribution in [2.45, 2.75) is 39.2 Å². The van der Waals surface area contributed by atoms with Gasteiger partial charge in [0.2, 0.25) is 0 Å². The molecule has 2 rings (SSSR count). The van der Waals surface area contributed by atoms with Crippen molar-refractivity contribution in [3.63, 3.8) is 0 Å². The van der Waals surface area contributed by atoms with Crippen molar-refractivity contribution in [3.8, 4) is 5.75 Å². The number of hydrogen-bond acceptors (Lipinski definition) is 2. The van der Waals surface area contributed by atoms with Crippen molar-refractivity contribution in [2.24, 2.45) is 11.3 Å². The molecular weight excluding hydrogens is 222 g/mol. The highest BCUT2D eigenvalue weighted by Crippen LogP contribution is 2.49. The number of methoxy groups -OCH3 is 1. The third-order valence-corrected chi connectivity index (χ3v) is 4.53. The lowest BCUT2D eigenvalue weighted by Gasteiger charge is -2.35. The zero-order valence-corrected chi connectivity index (χ0v) is 12.0. The molecule has 1 N–H and O–H groups in total. The predicted octanol–water partition coefficient (Wildman–Crippen LogP) is 3.78. The second-order valence-electron chi connectivity index (χ2n) is 6.00. The van der Waals surface area contributed by atoms with Crippen LogP contribution in [0.1, 0.15) is 44.7 Å². The molecule has 1 aromatic rings. The van der Waals surface area contributed by atoms with E-state index in [1.54, 1.807) is 7.11 Å². The second kappa shape index (κ2) is 5.31. The summed E-state index contributed by atoms with van der Waals surface area (Å²) in [6, 6.07) is 8.77. The molecule has 0 heterocycles. The van der Waals surface area contributed by atoms with Crippen molar-refractivity contribution in [1.29, 1.82) is 0 Å². The lowest BCUT2D eigenvalue weighted by atomic mass is 9.75. The number of ether oxygens (including phenoxy) is 1. The minimum atomic E-state index is 0.388. The molecule has 18 heavy (non-hydrogen) atoms. The number of benzene rings is 1. The monoisotopic (exact) mass is 247 g/mol. The zero-order valence-electron chi connectivity index (χ0n) is 12.0. The molecule has 1 aliphatic rings. The van der Waals surface area contributed by atoms with Gasteiger partial charge in [-0.25, -0.2) is 0 Å². The van der Waals surface area contributed by atoms with Gasteiger partial charge in [0.25, 0.3) is 0 Å². The van der Waals surface area contributed by atoms with E-state index in [9.17, 15) is 0 Å². The van der Waals surface area contributed by atoms with Gasteiger partial charge in [-0.1, -0.05) is 38.5 Å². The average molecular weight is 247 g/mol. The second-order valence-corrected chi connectivity index (χ2v) is 6.00. The van der Waals surface area contributed by atoms with E-state index in [-0.39, 0.29) is 0 Å². The van der Waals surface area contributed by atoms with E-state index < -0.39 is 0 Å². The summed E-state index contributed by atoms with van der Waals surface area (Å²) in [6.45, 7) is 4.79. The molecule has 2 nitrogen and oxygen atoms in total. The first-order chi connectivity index (χ1) is 8.60. The maximum atomic E-state index is 5.52. The van der Waals surface area contributed by atoms with Crippen molar-refractivity contribution in [2.75, 3.05) is 14.2 Å². The summed E-state index contributed by atoms with van der Waals surface area (Å²) in [6.07, 6.45) is 3.96. The lowest BCUT2D eigenvalue weighted by molar-refractivity contribution is 0.201. The van der Waals surface area contributed by atoms with E-state index in [2.05, 4.69) is 44.4 Å². The topological polar surface area (TPSA) is 21.3 Å². The van der Waals surface area contributed by atoms with Crippen molar-refractivity contribution >= 4 is 0 Å². The molecular formula is C16H25NO. The van der Waals surface area contributed by atoms with Crippen LogP contribution >= 0.6 is 0 Å². The Hall–Kier alpha value is -1.02. The molecule has 1 aromatic carbocycles. The minimum Gasteiger partial charge on any atom is -0.496 e. The van der Waals surface area contributed by atoms with Gasteiger partial charge in [-0.15, -0.1) is 0 Å². The largest absolute Gasteiger partial charge is 0.496 e. The first-order valence-corrected chi connectivity index (χ1v) is 6.90. The van der Waals surface area contributed by atoms with Crippen molar-refractivity contribution < 1.29 is 4.74 Å². The van der Waals surface area contributed by atoms with E-state index in [0.717, 1.165) is 5.75 Å². The fourth-order valence-electron chi connectivity index (χ4n) is 3.47. The Morgan fingerprint density at radius 1 is 1.33 bits per heavy atom. The first-order valence-electron chi connectivity index (χ1n) is 6.90. The molecule has 0 bridgehead atoms. The summed E-state index contributed by atoms with van der Waals surface area (Å²) in [5.41, 5.74) is 1.71. The third-order valence-electron chi connectivity index (χ3n) is 4.53.